The molecule has 0 bridgehead atoms. The number of nitrogens with one attached hydrogen (secondary N) is 1. The SMILES string of the molecule is CC(C)Oc1ccc(S(=O)(=O)NCC(N)c2ccccc2)cc1. The van der Waals surface area contributed by atoms with Crippen LogP contribution in [0.3, 0.4) is 0 Å². The second-order valence-electron chi connectivity index (χ2n) is 5.51. The van der Waals surface area contributed by atoms with Gasteiger partial charge in [0.2, 0.25) is 10.0 Å². The van der Waals surface area contributed by atoms with Gasteiger partial charge in [0, 0.05) is 12.6 Å². The molecule has 0 heterocycles. The average Bonchev–Trinajstić information content (AvgIpc) is 2.53. The molecule has 1 atom stereocenters. The van der Waals surface area contributed by atoms with Crippen molar-refractivity contribution in [1.29, 1.82) is 0 Å². The van der Waals surface area contributed by atoms with Crippen LogP contribution < -0.4 is 15.2 Å². The fourth-order valence-electron chi connectivity index (χ4n) is 2.07. The lowest BCUT2D eigenvalue weighted by atomic mass is 10.1. The zero-order valence-electron chi connectivity index (χ0n) is 13.3. The maximum atomic E-state index is 12.3. The lowest BCUT2D eigenvalue weighted by molar-refractivity contribution is 0.242. The van der Waals surface area contributed by atoms with Gasteiger partial charge in [0.1, 0.15) is 5.75 Å². The van der Waals surface area contributed by atoms with Crippen LogP contribution in [0, 0.1) is 0 Å². The van der Waals surface area contributed by atoms with E-state index in [0.29, 0.717) is 5.75 Å². The highest BCUT2D eigenvalue weighted by Gasteiger charge is 2.16. The summed E-state index contributed by atoms with van der Waals surface area (Å²) in [7, 11) is -3.59. The van der Waals surface area contributed by atoms with E-state index in [-0.39, 0.29) is 17.5 Å². The Labute approximate surface area is 137 Å². The van der Waals surface area contributed by atoms with E-state index in [1.165, 1.54) is 12.1 Å². The molecular formula is C17H22N2O3S. The van der Waals surface area contributed by atoms with Crippen molar-refractivity contribution in [2.24, 2.45) is 5.73 Å². The van der Waals surface area contributed by atoms with E-state index in [1.54, 1.807) is 12.1 Å². The molecule has 3 N–H and O–H groups in total. The number of sulfonamides is 1. The summed E-state index contributed by atoms with van der Waals surface area (Å²) in [6, 6.07) is 15.3. The Hall–Kier alpha value is -1.89. The van der Waals surface area contributed by atoms with E-state index < -0.39 is 16.1 Å². The number of rotatable bonds is 7. The van der Waals surface area contributed by atoms with Gasteiger partial charge in [-0.2, -0.15) is 0 Å². The van der Waals surface area contributed by atoms with Gasteiger partial charge in [0.05, 0.1) is 11.0 Å². The van der Waals surface area contributed by atoms with Crippen LogP contribution in [0.2, 0.25) is 0 Å². The third-order valence-electron chi connectivity index (χ3n) is 3.23. The molecule has 0 aliphatic carbocycles. The van der Waals surface area contributed by atoms with Gasteiger partial charge in [-0.25, -0.2) is 13.1 Å². The van der Waals surface area contributed by atoms with Crippen LogP contribution >= 0.6 is 0 Å². The molecule has 5 nitrogen and oxygen atoms in total. The molecule has 0 amide bonds. The summed E-state index contributed by atoms with van der Waals surface area (Å²) in [6.45, 7) is 3.96. The highest BCUT2D eigenvalue weighted by molar-refractivity contribution is 7.89. The van der Waals surface area contributed by atoms with Crippen molar-refractivity contribution < 1.29 is 13.2 Å². The van der Waals surface area contributed by atoms with E-state index in [9.17, 15) is 8.42 Å². The van der Waals surface area contributed by atoms with E-state index in [1.807, 2.05) is 44.2 Å². The number of hydrogen-bond acceptors (Lipinski definition) is 4. The Balaban J connectivity index is 2.01. The van der Waals surface area contributed by atoms with Crippen LogP contribution in [0.15, 0.2) is 59.5 Å². The summed E-state index contributed by atoms with van der Waals surface area (Å²) in [5.74, 6) is 0.639. The molecule has 0 aromatic heterocycles. The predicted molar refractivity (Wildman–Crippen MR) is 90.8 cm³/mol. The zero-order chi connectivity index (χ0) is 16.9. The highest BCUT2D eigenvalue weighted by atomic mass is 32.2. The van der Waals surface area contributed by atoms with Gasteiger partial charge in [0.25, 0.3) is 0 Å². The van der Waals surface area contributed by atoms with Gasteiger partial charge in [-0.05, 0) is 43.7 Å². The van der Waals surface area contributed by atoms with E-state index in [0.717, 1.165) is 5.56 Å². The molecule has 0 spiro atoms. The van der Waals surface area contributed by atoms with Crippen LogP contribution in [0.5, 0.6) is 5.75 Å². The monoisotopic (exact) mass is 334 g/mol. The Bertz CT molecular complexity index is 713. The maximum absolute atomic E-state index is 12.3. The van der Waals surface area contributed by atoms with Crippen molar-refractivity contribution in [3.8, 4) is 5.75 Å². The van der Waals surface area contributed by atoms with Crippen molar-refractivity contribution in [2.45, 2.75) is 30.9 Å². The summed E-state index contributed by atoms with van der Waals surface area (Å²) >= 11 is 0. The lowest BCUT2D eigenvalue weighted by Gasteiger charge is -2.14. The van der Waals surface area contributed by atoms with Gasteiger partial charge in [-0.1, -0.05) is 30.3 Å². The van der Waals surface area contributed by atoms with Gasteiger partial charge in [-0.3, -0.25) is 0 Å². The number of hydrogen-bond donors (Lipinski definition) is 2. The van der Waals surface area contributed by atoms with Crippen LogP contribution in [0.1, 0.15) is 25.5 Å². The second-order valence-corrected chi connectivity index (χ2v) is 7.27. The summed E-state index contributed by atoms with van der Waals surface area (Å²) < 4.78 is 32.6. The fraction of sp³-hybridized carbons (Fsp3) is 0.294. The summed E-state index contributed by atoms with van der Waals surface area (Å²) in [5.41, 5.74) is 6.90. The topological polar surface area (TPSA) is 81.4 Å². The average molecular weight is 334 g/mol. The third kappa shape index (κ3) is 5.06. The van der Waals surface area contributed by atoms with Crippen molar-refractivity contribution in [1.82, 2.24) is 4.72 Å². The summed E-state index contributed by atoms with van der Waals surface area (Å²) in [4.78, 5) is 0.189. The molecular weight excluding hydrogens is 312 g/mol. The fourth-order valence-corrected chi connectivity index (χ4v) is 3.13. The zero-order valence-corrected chi connectivity index (χ0v) is 14.1. The van der Waals surface area contributed by atoms with Crippen molar-refractivity contribution in [3.05, 3.63) is 60.2 Å². The molecule has 0 radical (unpaired) electrons. The molecule has 0 fully saturated rings. The van der Waals surface area contributed by atoms with Gasteiger partial charge >= 0.3 is 0 Å². The first-order chi connectivity index (χ1) is 10.9. The lowest BCUT2D eigenvalue weighted by Crippen LogP contribution is -2.31. The first kappa shape index (κ1) is 17.5. The molecule has 0 aliphatic rings. The van der Waals surface area contributed by atoms with E-state index >= 15 is 0 Å². The van der Waals surface area contributed by atoms with Crippen LogP contribution in [-0.4, -0.2) is 21.1 Å². The molecule has 124 valence electrons. The molecule has 2 rings (SSSR count). The van der Waals surface area contributed by atoms with Crippen molar-refractivity contribution in [2.75, 3.05) is 6.54 Å². The summed E-state index contributed by atoms with van der Waals surface area (Å²) in [5, 5.41) is 0. The largest absolute Gasteiger partial charge is 0.491 e. The molecule has 0 saturated carbocycles. The van der Waals surface area contributed by atoms with Crippen LogP contribution in [-0.2, 0) is 10.0 Å². The van der Waals surface area contributed by atoms with Gasteiger partial charge < -0.3 is 10.5 Å². The molecule has 2 aromatic rings. The van der Waals surface area contributed by atoms with E-state index in [2.05, 4.69) is 4.72 Å². The standard InChI is InChI=1S/C17H22N2O3S/c1-13(2)22-15-8-10-16(11-9-15)23(20,21)19-12-17(18)14-6-4-3-5-7-14/h3-11,13,17,19H,12,18H2,1-2H3. The molecule has 23 heavy (non-hydrogen) atoms. The minimum atomic E-state index is -3.59. The van der Waals surface area contributed by atoms with Gasteiger partial charge in [0.15, 0.2) is 0 Å². The Morgan fingerprint density at radius 3 is 2.22 bits per heavy atom. The van der Waals surface area contributed by atoms with Crippen LogP contribution in [0.4, 0.5) is 0 Å². The van der Waals surface area contributed by atoms with Crippen molar-refractivity contribution in [3.63, 3.8) is 0 Å². The Morgan fingerprint density at radius 1 is 1.04 bits per heavy atom. The third-order valence-corrected chi connectivity index (χ3v) is 4.67. The Kier molecular flexibility index (Phi) is 5.76. The first-order valence-corrected chi connectivity index (χ1v) is 8.94. The molecule has 0 saturated heterocycles. The van der Waals surface area contributed by atoms with Crippen LogP contribution in [0.25, 0.3) is 0 Å². The molecule has 6 heteroatoms. The smallest absolute Gasteiger partial charge is 0.240 e. The quantitative estimate of drug-likeness (QED) is 0.815. The first-order valence-electron chi connectivity index (χ1n) is 7.45. The summed E-state index contributed by atoms with van der Waals surface area (Å²) in [6.07, 6.45) is 0.0412. The predicted octanol–water partition coefficient (Wildman–Crippen LogP) is 2.45. The molecule has 1 unspecified atom stereocenters. The number of nitrogens with two attached hydrogens (primary N) is 1. The normalized spacial score (nSPS) is 13.0. The van der Waals surface area contributed by atoms with E-state index in [4.69, 9.17) is 10.5 Å². The second kappa shape index (κ2) is 7.59. The number of benzene rings is 2. The molecule has 2 aromatic carbocycles. The highest BCUT2D eigenvalue weighted by Crippen LogP contribution is 2.17. The van der Waals surface area contributed by atoms with Crippen molar-refractivity contribution >= 4 is 10.0 Å². The minimum absolute atomic E-state index is 0.0412. The minimum Gasteiger partial charge on any atom is -0.491 e. The van der Waals surface area contributed by atoms with Gasteiger partial charge in [-0.15, -0.1) is 0 Å². The molecule has 0 aliphatic heterocycles. The maximum Gasteiger partial charge on any atom is 0.240 e. The Morgan fingerprint density at radius 2 is 1.65 bits per heavy atom. The number of ether oxygens (including phenoxy) is 1.